The van der Waals surface area contributed by atoms with Gasteiger partial charge in [0.1, 0.15) is 0 Å². The SMILES string of the molecule is Nc1ccc(C=NNC(=O)C2CC2c2ccccc2)cc1. The summed E-state index contributed by atoms with van der Waals surface area (Å²) >= 11 is 0. The van der Waals surface area contributed by atoms with E-state index in [1.54, 1.807) is 18.3 Å². The Kier molecular flexibility index (Phi) is 3.69. The fourth-order valence-corrected chi connectivity index (χ4v) is 2.39. The Morgan fingerprint density at radius 3 is 2.57 bits per heavy atom. The summed E-state index contributed by atoms with van der Waals surface area (Å²) in [4.78, 5) is 12.0. The van der Waals surface area contributed by atoms with Crippen molar-refractivity contribution in [1.82, 2.24) is 5.43 Å². The van der Waals surface area contributed by atoms with Crippen molar-refractivity contribution in [3.63, 3.8) is 0 Å². The number of amides is 1. The predicted octanol–water partition coefficient (Wildman–Crippen LogP) is 2.52. The lowest BCUT2D eigenvalue weighted by atomic mass is 10.1. The van der Waals surface area contributed by atoms with Crippen LogP contribution in [-0.2, 0) is 4.79 Å². The fourth-order valence-electron chi connectivity index (χ4n) is 2.39. The molecule has 1 amide bonds. The van der Waals surface area contributed by atoms with E-state index in [1.165, 1.54) is 5.56 Å². The zero-order valence-corrected chi connectivity index (χ0v) is 11.6. The summed E-state index contributed by atoms with van der Waals surface area (Å²) in [6, 6.07) is 17.4. The van der Waals surface area contributed by atoms with Crippen LogP contribution in [0, 0.1) is 5.92 Å². The molecule has 4 heteroatoms. The third kappa shape index (κ3) is 3.28. The summed E-state index contributed by atoms with van der Waals surface area (Å²) in [6.45, 7) is 0. The number of nitrogens with zero attached hydrogens (tertiary/aromatic N) is 1. The minimum atomic E-state index is -0.0180. The van der Waals surface area contributed by atoms with Gasteiger partial charge in [0, 0.05) is 11.6 Å². The van der Waals surface area contributed by atoms with Crippen molar-refractivity contribution in [2.24, 2.45) is 11.0 Å². The number of benzene rings is 2. The average Bonchev–Trinajstić information content (AvgIpc) is 3.31. The molecular formula is C17H17N3O. The lowest BCUT2D eigenvalue weighted by Gasteiger charge is -2.00. The molecular weight excluding hydrogens is 262 g/mol. The maximum absolute atomic E-state index is 12.0. The highest BCUT2D eigenvalue weighted by atomic mass is 16.2. The molecule has 4 nitrogen and oxygen atoms in total. The van der Waals surface area contributed by atoms with E-state index in [0.717, 1.165) is 12.0 Å². The van der Waals surface area contributed by atoms with Gasteiger partial charge < -0.3 is 5.73 Å². The number of carbonyl (C=O) groups is 1. The quantitative estimate of drug-likeness (QED) is 0.513. The molecule has 0 heterocycles. The summed E-state index contributed by atoms with van der Waals surface area (Å²) in [6.07, 6.45) is 2.52. The second-order valence-corrected chi connectivity index (χ2v) is 5.26. The van der Waals surface area contributed by atoms with Crippen molar-refractivity contribution in [2.45, 2.75) is 12.3 Å². The van der Waals surface area contributed by atoms with E-state index in [-0.39, 0.29) is 11.8 Å². The molecule has 0 aromatic heterocycles. The number of carbonyl (C=O) groups excluding carboxylic acids is 1. The van der Waals surface area contributed by atoms with Crippen LogP contribution in [0.25, 0.3) is 0 Å². The Morgan fingerprint density at radius 2 is 1.86 bits per heavy atom. The maximum atomic E-state index is 12.0. The first-order valence-electron chi connectivity index (χ1n) is 6.97. The molecule has 106 valence electrons. The Balaban J connectivity index is 1.53. The highest BCUT2D eigenvalue weighted by Crippen LogP contribution is 2.47. The lowest BCUT2D eigenvalue weighted by molar-refractivity contribution is -0.122. The van der Waals surface area contributed by atoms with Gasteiger partial charge >= 0.3 is 0 Å². The van der Waals surface area contributed by atoms with Crippen LogP contribution in [0.4, 0.5) is 5.69 Å². The Hall–Kier alpha value is -2.62. The van der Waals surface area contributed by atoms with Crippen LogP contribution in [0.5, 0.6) is 0 Å². The monoisotopic (exact) mass is 279 g/mol. The van der Waals surface area contributed by atoms with Crippen LogP contribution < -0.4 is 11.2 Å². The van der Waals surface area contributed by atoms with E-state index < -0.39 is 0 Å². The van der Waals surface area contributed by atoms with Crippen molar-refractivity contribution < 1.29 is 4.79 Å². The van der Waals surface area contributed by atoms with E-state index in [9.17, 15) is 4.79 Å². The zero-order valence-electron chi connectivity index (χ0n) is 11.6. The van der Waals surface area contributed by atoms with Crippen LogP contribution in [0.2, 0.25) is 0 Å². The molecule has 2 aromatic rings. The van der Waals surface area contributed by atoms with E-state index in [0.29, 0.717) is 11.6 Å². The molecule has 2 unspecified atom stereocenters. The van der Waals surface area contributed by atoms with Crippen LogP contribution in [0.1, 0.15) is 23.5 Å². The molecule has 0 spiro atoms. The molecule has 21 heavy (non-hydrogen) atoms. The number of nitrogens with one attached hydrogen (secondary N) is 1. The summed E-state index contributed by atoms with van der Waals surface area (Å²) in [5, 5.41) is 4.00. The second-order valence-electron chi connectivity index (χ2n) is 5.26. The van der Waals surface area contributed by atoms with Gasteiger partial charge in [0.2, 0.25) is 5.91 Å². The van der Waals surface area contributed by atoms with Crippen LogP contribution in [-0.4, -0.2) is 12.1 Å². The Bertz CT molecular complexity index is 649. The number of hydrazone groups is 1. The normalized spacial score (nSPS) is 20.4. The summed E-state index contributed by atoms with van der Waals surface area (Å²) in [5.41, 5.74) is 11.0. The van der Waals surface area contributed by atoms with E-state index in [4.69, 9.17) is 5.73 Å². The molecule has 3 rings (SSSR count). The smallest absolute Gasteiger partial charge is 0.243 e. The van der Waals surface area contributed by atoms with Crippen molar-refractivity contribution >= 4 is 17.8 Å². The molecule has 0 radical (unpaired) electrons. The van der Waals surface area contributed by atoms with Gasteiger partial charge in [-0.25, -0.2) is 5.43 Å². The molecule has 1 fully saturated rings. The highest BCUT2D eigenvalue weighted by molar-refractivity contribution is 5.85. The molecule has 1 aliphatic carbocycles. The maximum Gasteiger partial charge on any atom is 0.243 e. The molecule has 2 atom stereocenters. The molecule has 2 aromatic carbocycles. The molecule has 1 aliphatic rings. The Morgan fingerprint density at radius 1 is 1.14 bits per heavy atom. The standard InChI is InChI=1S/C17H17N3O/c18-14-8-6-12(7-9-14)11-19-20-17(21)16-10-15(16)13-4-2-1-3-5-13/h1-9,11,15-16H,10,18H2,(H,20,21). The van der Waals surface area contributed by atoms with Crippen molar-refractivity contribution in [3.8, 4) is 0 Å². The average molecular weight is 279 g/mol. The molecule has 0 aliphatic heterocycles. The second kappa shape index (κ2) is 5.79. The highest BCUT2D eigenvalue weighted by Gasteiger charge is 2.43. The van der Waals surface area contributed by atoms with Gasteiger partial charge in [-0.05, 0) is 35.6 Å². The Labute approximate surface area is 123 Å². The fraction of sp³-hybridized carbons (Fsp3) is 0.176. The lowest BCUT2D eigenvalue weighted by Crippen LogP contribution is -2.20. The van der Waals surface area contributed by atoms with Gasteiger partial charge in [0.25, 0.3) is 0 Å². The summed E-state index contributed by atoms with van der Waals surface area (Å²) in [5.74, 6) is 0.351. The predicted molar refractivity (Wildman–Crippen MR) is 83.9 cm³/mol. The number of hydrogen-bond acceptors (Lipinski definition) is 3. The number of anilines is 1. The zero-order chi connectivity index (χ0) is 14.7. The minimum absolute atomic E-state index is 0.0180. The first kappa shape index (κ1) is 13.4. The number of hydrogen-bond donors (Lipinski definition) is 2. The van der Waals surface area contributed by atoms with Crippen molar-refractivity contribution in [3.05, 3.63) is 65.7 Å². The van der Waals surface area contributed by atoms with Gasteiger partial charge in [-0.15, -0.1) is 0 Å². The number of nitrogens with two attached hydrogens (primary N) is 1. The van der Waals surface area contributed by atoms with Crippen LogP contribution in [0.15, 0.2) is 59.7 Å². The molecule has 1 saturated carbocycles. The minimum Gasteiger partial charge on any atom is -0.399 e. The van der Waals surface area contributed by atoms with Crippen LogP contribution in [0.3, 0.4) is 0 Å². The topological polar surface area (TPSA) is 67.5 Å². The van der Waals surface area contributed by atoms with Gasteiger partial charge in [-0.2, -0.15) is 5.10 Å². The third-order valence-corrected chi connectivity index (χ3v) is 3.68. The van der Waals surface area contributed by atoms with Gasteiger partial charge in [0.15, 0.2) is 0 Å². The molecule has 0 bridgehead atoms. The summed E-state index contributed by atoms with van der Waals surface area (Å²) in [7, 11) is 0. The van der Waals surface area contributed by atoms with Gasteiger partial charge in [-0.3, -0.25) is 4.79 Å². The van der Waals surface area contributed by atoms with E-state index in [2.05, 4.69) is 22.7 Å². The van der Waals surface area contributed by atoms with Crippen molar-refractivity contribution in [1.29, 1.82) is 0 Å². The van der Waals surface area contributed by atoms with Gasteiger partial charge in [0.05, 0.1) is 6.21 Å². The molecule has 0 saturated heterocycles. The largest absolute Gasteiger partial charge is 0.399 e. The van der Waals surface area contributed by atoms with Crippen molar-refractivity contribution in [2.75, 3.05) is 5.73 Å². The van der Waals surface area contributed by atoms with Gasteiger partial charge in [-0.1, -0.05) is 42.5 Å². The van der Waals surface area contributed by atoms with Crippen LogP contribution >= 0.6 is 0 Å². The van der Waals surface area contributed by atoms with E-state index in [1.807, 2.05) is 30.3 Å². The number of nitrogen functional groups attached to an aromatic ring is 1. The number of rotatable bonds is 4. The summed E-state index contributed by atoms with van der Waals surface area (Å²) < 4.78 is 0. The first-order valence-corrected chi connectivity index (χ1v) is 6.97. The third-order valence-electron chi connectivity index (χ3n) is 3.68. The van der Waals surface area contributed by atoms with E-state index >= 15 is 0 Å². The molecule has 3 N–H and O–H groups in total. The first-order chi connectivity index (χ1) is 10.2.